The maximum Gasteiger partial charge on any atom is 0.259 e. The smallest absolute Gasteiger partial charge is 0.259 e. The van der Waals surface area contributed by atoms with Crippen LogP contribution in [0.2, 0.25) is 0 Å². The van der Waals surface area contributed by atoms with E-state index in [1.807, 2.05) is 28.3 Å². The molecule has 0 radical (unpaired) electrons. The lowest BCUT2D eigenvalue weighted by atomic mass is 10.3. The van der Waals surface area contributed by atoms with E-state index < -0.39 is 0 Å². The Labute approximate surface area is 85.8 Å². The number of thiophene rings is 1. The van der Waals surface area contributed by atoms with Crippen molar-refractivity contribution < 1.29 is 0 Å². The Bertz CT molecular complexity index is 521. The summed E-state index contributed by atoms with van der Waals surface area (Å²) in [7, 11) is 0. The van der Waals surface area contributed by atoms with E-state index in [2.05, 4.69) is 0 Å². The predicted octanol–water partition coefficient (Wildman–Crippen LogP) is 2.47. The highest BCUT2D eigenvalue weighted by Gasteiger charge is 2.22. The van der Waals surface area contributed by atoms with Gasteiger partial charge in [0.1, 0.15) is 0 Å². The van der Waals surface area contributed by atoms with Crippen molar-refractivity contribution in [3.05, 3.63) is 34.1 Å². The second-order valence-corrected chi connectivity index (χ2v) is 4.86. The minimum atomic E-state index is 0.177. The maximum atomic E-state index is 11.9. The Morgan fingerprint density at radius 1 is 1.43 bits per heavy atom. The van der Waals surface area contributed by atoms with Gasteiger partial charge in [0.2, 0.25) is 0 Å². The van der Waals surface area contributed by atoms with Crippen LogP contribution >= 0.6 is 11.3 Å². The van der Waals surface area contributed by atoms with Crippen molar-refractivity contribution in [1.82, 2.24) is 4.57 Å². The van der Waals surface area contributed by atoms with Crippen LogP contribution in [0, 0.1) is 5.92 Å². The summed E-state index contributed by atoms with van der Waals surface area (Å²) in [5, 5.41) is 2.85. The van der Waals surface area contributed by atoms with E-state index in [0.717, 1.165) is 22.5 Å². The van der Waals surface area contributed by atoms with Crippen LogP contribution in [0.25, 0.3) is 10.1 Å². The van der Waals surface area contributed by atoms with E-state index in [1.54, 1.807) is 11.3 Å². The zero-order valence-electron chi connectivity index (χ0n) is 7.77. The van der Waals surface area contributed by atoms with Gasteiger partial charge in [0.15, 0.2) is 0 Å². The lowest BCUT2D eigenvalue weighted by Gasteiger charge is -2.03. The van der Waals surface area contributed by atoms with Gasteiger partial charge < -0.3 is 4.57 Å². The first kappa shape index (κ1) is 8.24. The molecule has 2 heterocycles. The van der Waals surface area contributed by atoms with Crippen molar-refractivity contribution in [2.75, 3.05) is 0 Å². The first-order valence-electron chi connectivity index (χ1n) is 4.91. The summed E-state index contributed by atoms with van der Waals surface area (Å²) in [6, 6.07) is 3.97. The van der Waals surface area contributed by atoms with Gasteiger partial charge in [-0.15, -0.1) is 11.3 Å². The average molecular weight is 205 g/mol. The summed E-state index contributed by atoms with van der Waals surface area (Å²) in [5.41, 5.74) is 0.177. The molecule has 0 unspecified atom stereocenters. The molecule has 0 saturated heterocycles. The molecule has 2 aromatic rings. The van der Waals surface area contributed by atoms with Crippen molar-refractivity contribution in [2.24, 2.45) is 5.92 Å². The Kier molecular flexibility index (Phi) is 1.74. The first-order chi connectivity index (χ1) is 6.84. The van der Waals surface area contributed by atoms with Gasteiger partial charge >= 0.3 is 0 Å². The van der Waals surface area contributed by atoms with E-state index in [0.29, 0.717) is 0 Å². The fraction of sp³-hybridized carbons (Fsp3) is 0.364. The molecular formula is C11H11NOS. The highest BCUT2D eigenvalue weighted by atomic mass is 32.1. The van der Waals surface area contributed by atoms with Gasteiger partial charge in [0, 0.05) is 17.4 Å². The number of fused-ring (bicyclic) bond motifs is 1. The van der Waals surface area contributed by atoms with Crippen molar-refractivity contribution >= 4 is 21.4 Å². The molecule has 2 aromatic heterocycles. The van der Waals surface area contributed by atoms with Crippen molar-refractivity contribution in [3.8, 4) is 0 Å². The van der Waals surface area contributed by atoms with Crippen LogP contribution in [0.15, 0.2) is 28.5 Å². The molecule has 2 nitrogen and oxygen atoms in total. The van der Waals surface area contributed by atoms with Crippen LogP contribution in [-0.2, 0) is 6.54 Å². The summed E-state index contributed by atoms with van der Waals surface area (Å²) in [6.45, 7) is 0.907. The normalized spacial score (nSPS) is 16.3. The summed E-state index contributed by atoms with van der Waals surface area (Å²) in [5.74, 6) is 0.754. The Hall–Kier alpha value is -1.09. The first-order valence-corrected chi connectivity index (χ1v) is 5.79. The molecule has 0 N–H and O–H groups in total. The molecule has 72 valence electrons. The standard InChI is InChI=1S/C11H11NOS/c13-11-9-4-6-14-10(9)3-5-12(11)7-8-1-2-8/h3-6,8H,1-2,7H2. The molecule has 0 bridgehead atoms. The second kappa shape index (κ2) is 2.95. The Morgan fingerprint density at radius 3 is 3.07 bits per heavy atom. The van der Waals surface area contributed by atoms with Crippen molar-refractivity contribution in [2.45, 2.75) is 19.4 Å². The minimum absolute atomic E-state index is 0.177. The van der Waals surface area contributed by atoms with Gasteiger partial charge in [-0.2, -0.15) is 0 Å². The number of rotatable bonds is 2. The van der Waals surface area contributed by atoms with Gasteiger partial charge in [0.05, 0.1) is 5.39 Å². The fourth-order valence-corrected chi connectivity index (χ4v) is 2.50. The van der Waals surface area contributed by atoms with Crippen molar-refractivity contribution in [1.29, 1.82) is 0 Å². The Balaban J connectivity index is 2.14. The molecule has 1 fully saturated rings. The summed E-state index contributed by atoms with van der Waals surface area (Å²) >= 11 is 1.63. The lowest BCUT2D eigenvalue weighted by molar-refractivity contribution is 0.611. The van der Waals surface area contributed by atoms with Gasteiger partial charge in [-0.25, -0.2) is 0 Å². The number of nitrogens with zero attached hydrogens (tertiary/aromatic N) is 1. The predicted molar refractivity (Wildman–Crippen MR) is 58.8 cm³/mol. The molecular weight excluding hydrogens is 194 g/mol. The van der Waals surface area contributed by atoms with Gasteiger partial charge in [0.25, 0.3) is 5.56 Å². The molecule has 14 heavy (non-hydrogen) atoms. The third-order valence-electron chi connectivity index (χ3n) is 2.74. The number of hydrogen-bond donors (Lipinski definition) is 0. The zero-order valence-corrected chi connectivity index (χ0v) is 8.59. The van der Waals surface area contributed by atoms with Crippen LogP contribution in [0.4, 0.5) is 0 Å². The quantitative estimate of drug-likeness (QED) is 0.738. The largest absolute Gasteiger partial charge is 0.315 e. The van der Waals surface area contributed by atoms with Gasteiger partial charge in [-0.3, -0.25) is 4.79 Å². The fourth-order valence-electron chi connectivity index (χ4n) is 1.73. The van der Waals surface area contributed by atoms with Crippen LogP contribution in [0.5, 0.6) is 0 Å². The number of pyridine rings is 1. The molecule has 0 amide bonds. The minimum Gasteiger partial charge on any atom is -0.315 e. The molecule has 1 saturated carbocycles. The SMILES string of the molecule is O=c1c2ccsc2ccn1CC1CC1. The van der Waals surface area contributed by atoms with Crippen LogP contribution in [-0.4, -0.2) is 4.57 Å². The van der Waals surface area contributed by atoms with E-state index in [9.17, 15) is 4.79 Å². The lowest BCUT2D eigenvalue weighted by Crippen LogP contribution is -2.19. The number of hydrogen-bond acceptors (Lipinski definition) is 2. The highest BCUT2D eigenvalue weighted by Crippen LogP contribution is 2.30. The maximum absolute atomic E-state index is 11.9. The summed E-state index contributed by atoms with van der Waals surface area (Å²) in [4.78, 5) is 11.9. The second-order valence-electron chi connectivity index (χ2n) is 3.92. The monoisotopic (exact) mass is 205 g/mol. The molecule has 1 aliphatic carbocycles. The van der Waals surface area contributed by atoms with Gasteiger partial charge in [-0.05, 0) is 36.3 Å². The van der Waals surface area contributed by atoms with E-state index in [4.69, 9.17) is 0 Å². The molecule has 0 aliphatic heterocycles. The summed E-state index contributed by atoms with van der Waals surface area (Å²) < 4.78 is 2.95. The third-order valence-corrected chi connectivity index (χ3v) is 3.63. The molecule has 0 atom stereocenters. The topological polar surface area (TPSA) is 22.0 Å². The van der Waals surface area contributed by atoms with Crippen molar-refractivity contribution in [3.63, 3.8) is 0 Å². The van der Waals surface area contributed by atoms with E-state index in [1.165, 1.54) is 12.8 Å². The molecule has 3 heteroatoms. The molecule has 0 aromatic carbocycles. The highest BCUT2D eigenvalue weighted by molar-refractivity contribution is 7.17. The van der Waals surface area contributed by atoms with Crippen LogP contribution < -0.4 is 5.56 Å². The van der Waals surface area contributed by atoms with E-state index in [-0.39, 0.29) is 5.56 Å². The number of aromatic nitrogens is 1. The van der Waals surface area contributed by atoms with Crippen LogP contribution in [0.1, 0.15) is 12.8 Å². The third kappa shape index (κ3) is 1.28. The zero-order chi connectivity index (χ0) is 9.54. The average Bonchev–Trinajstić information content (AvgIpc) is 2.85. The molecule has 3 rings (SSSR count). The molecule has 1 aliphatic rings. The molecule has 0 spiro atoms. The van der Waals surface area contributed by atoms with E-state index >= 15 is 0 Å². The summed E-state index contributed by atoms with van der Waals surface area (Å²) in [6.07, 6.45) is 4.50. The van der Waals surface area contributed by atoms with Crippen LogP contribution in [0.3, 0.4) is 0 Å². The Morgan fingerprint density at radius 2 is 2.29 bits per heavy atom. The van der Waals surface area contributed by atoms with Gasteiger partial charge in [-0.1, -0.05) is 0 Å².